The summed E-state index contributed by atoms with van der Waals surface area (Å²) in [5.74, 6) is 2.01. The van der Waals surface area contributed by atoms with Crippen molar-refractivity contribution >= 4 is 11.4 Å². The third-order valence-corrected chi connectivity index (χ3v) is 5.74. The van der Waals surface area contributed by atoms with Crippen LogP contribution in [0.5, 0.6) is 5.75 Å². The minimum atomic E-state index is -0.706. The van der Waals surface area contributed by atoms with Crippen molar-refractivity contribution in [3.63, 3.8) is 0 Å². The smallest absolute Gasteiger partial charge is 0.133 e. The van der Waals surface area contributed by atoms with Gasteiger partial charge in [0.1, 0.15) is 18.6 Å². The highest BCUT2D eigenvalue weighted by molar-refractivity contribution is 5.68. The lowest BCUT2D eigenvalue weighted by atomic mass is 10.1. The molecule has 1 atom stereocenters. The van der Waals surface area contributed by atoms with Crippen LogP contribution in [-0.2, 0) is 6.61 Å². The number of para-hydroxylation sites is 1. The summed E-state index contributed by atoms with van der Waals surface area (Å²) in [6.45, 7) is 5.61. The van der Waals surface area contributed by atoms with Gasteiger partial charge in [-0.05, 0) is 79.6 Å². The van der Waals surface area contributed by atoms with Gasteiger partial charge in [-0.15, -0.1) is 0 Å². The first kappa shape index (κ1) is 22.3. The molecule has 0 bridgehead atoms. The molecule has 1 fully saturated rings. The molecule has 1 unspecified atom stereocenters. The Hall–Kier alpha value is -2.89. The third-order valence-electron chi connectivity index (χ3n) is 5.74. The van der Waals surface area contributed by atoms with Gasteiger partial charge >= 0.3 is 0 Å². The highest BCUT2D eigenvalue weighted by Crippen LogP contribution is 2.45. The number of pyridine rings is 1. The zero-order valence-electron chi connectivity index (χ0n) is 18.9. The number of anilines is 2. The van der Waals surface area contributed by atoms with Crippen LogP contribution >= 0.6 is 0 Å². The first-order chi connectivity index (χ1) is 15.6. The molecule has 4 rings (SSSR count). The monoisotopic (exact) mass is 431 g/mol. The Labute approximate surface area is 190 Å². The van der Waals surface area contributed by atoms with Crippen molar-refractivity contribution < 1.29 is 9.84 Å². The van der Waals surface area contributed by atoms with Crippen LogP contribution in [0.3, 0.4) is 0 Å². The van der Waals surface area contributed by atoms with E-state index in [1.807, 2.05) is 48.5 Å². The molecule has 1 heterocycles. The van der Waals surface area contributed by atoms with Crippen LogP contribution in [0, 0.1) is 5.92 Å². The number of nitrogens with one attached hydrogen (secondary N) is 2. The van der Waals surface area contributed by atoms with E-state index in [9.17, 15) is 5.11 Å². The van der Waals surface area contributed by atoms with Gasteiger partial charge in [-0.3, -0.25) is 10.3 Å². The van der Waals surface area contributed by atoms with E-state index in [4.69, 9.17) is 4.74 Å². The van der Waals surface area contributed by atoms with Gasteiger partial charge in [-0.2, -0.15) is 0 Å². The number of benzene rings is 2. The SMILES string of the molecule is CC(C)CCNC(O)c1ccccc1Nc1ccc(OCc2ccccn2)cc1C1CC1. The average molecular weight is 432 g/mol. The summed E-state index contributed by atoms with van der Waals surface area (Å²) < 4.78 is 6.00. The molecule has 1 saturated carbocycles. The largest absolute Gasteiger partial charge is 0.487 e. The number of aliphatic hydroxyl groups is 1. The Morgan fingerprint density at radius 1 is 1.03 bits per heavy atom. The predicted molar refractivity (Wildman–Crippen MR) is 129 cm³/mol. The van der Waals surface area contributed by atoms with Gasteiger partial charge in [0.15, 0.2) is 0 Å². The van der Waals surface area contributed by atoms with Gasteiger partial charge in [-0.1, -0.05) is 38.1 Å². The van der Waals surface area contributed by atoms with Gasteiger partial charge in [-0.25, -0.2) is 0 Å². The van der Waals surface area contributed by atoms with Gasteiger partial charge in [0.25, 0.3) is 0 Å². The van der Waals surface area contributed by atoms with E-state index in [-0.39, 0.29) is 0 Å². The zero-order valence-corrected chi connectivity index (χ0v) is 18.9. The summed E-state index contributed by atoms with van der Waals surface area (Å²) in [7, 11) is 0. The van der Waals surface area contributed by atoms with Gasteiger partial charge in [0.2, 0.25) is 0 Å². The second kappa shape index (κ2) is 10.6. The number of aromatic nitrogens is 1. The second-order valence-corrected chi connectivity index (χ2v) is 8.88. The summed E-state index contributed by atoms with van der Waals surface area (Å²) in [5, 5.41) is 17.5. The highest BCUT2D eigenvalue weighted by atomic mass is 16.5. The van der Waals surface area contributed by atoms with Crippen molar-refractivity contribution in [2.75, 3.05) is 11.9 Å². The van der Waals surface area contributed by atoms with Crippen molar-refractivity contribution in [3.8, 4) is 5.75 Å². The number of ether oxygens (including phenoxy) is 1. The third kappa shape index (κ3) is 6.09. The molecule has 2 aromatic carbocycles. The van der Waals surface area contributed by atoms with E-state index in [1.54, 1.807) is 6.20 Å². The predicted octanol–water partition coefficient (Wildman–Crippen LogP) is 5.91. The molecule has 1 aromatic heterocycles. The topological polar surface area (TPSA) is 66.4 Å². The molecule has 3 aromatic rings. The molecular weight excluding hydrogens is 398 g/mol. The van der Waals surface area contributed by atoms with E-state index in [0.717, 1.165) is 41.3 Å². The first-order valence-electron chi connectivity index (χ1n) is 11.5. The fourth-order valence-electron chi connectivity index (χ4n) is 3.73. The van der Waals surface area contributed by atoms with Crippen LogP contribution < -0.4 is 15.4 Å². The standard InChI is InChI=1S/C27H33N3O2/c1-19(2)14-16-29-27(31)23-8-3-4-9-25(23)30-26-13-12-22(17-24(26)20-10-11-20)32-18-21-7-5-6-15-28-21/h3-9,12-13,15,17,19-20,27,29-31H,10-11,14,16,18H2,1-2H3. The molecule has 3 N–H and O–H groups in total. The van der Waals surface area contributed by atoms with Crippen LogP contribution in [0.1, 0.15) is 62.1 Å². The Balaban J connectivity index is 1.48. The molecule has 1 aliphatic carbocycles. The molecule has 32 heavy (non-hydrogen) atoms. The Morgan fingerprint density at radius 3 is 2.59 bits per heavy atom. The molecule has 0 aliphatic heterocycles. The van der Waals surface area contributed by atoms with Gasteiger partial charge < -0.3 is 15.2 Å². The summed E-state index contributed by atoms with van der Waals surface area (Å²) >= 11 is 0. The quantitative estimate of drug-likeness (QED) is 0.330. The Morgan fingerprint density at radius 2 is 1.84 bits per heavy atom. The molecule has 1 aliphatic rings. The molecule has 168 valence electrons. The van der Waals surface area contributed by atoms with Crippen molar-refractivity contribution in [1.82, 2.24) is 10.3 Å². The van der Waals surface area contributed by atoms with Crippen LogP contribution in [-0.4, -0.2) is 16.6 Å². The molecule has 0 radical (unpaired) electrons. The Bertz CT molecular complexity index is 1000. The van der Waals surface area contributed by atoms with Crippen LogP contribution in [0.25, 0.3) is 0 Å². The lowest BCUT2D eigenvalue weighted by Crippen LogP contribution is -2.23. The second-order valence-electron chi connectivity index (χ2n) is 8.88. The minimum absolute atomic E-state index is 0.453. The maximum absolute atomic E-state index is 10.7. The molecular formula is C27H33N3O2. The van der Waals surface area contributed by atoms with Crippen LogP contribution in [0.2, 0.25) is 0 Å². The van der Waals surface area contributed by atoms with Crippen molar-refractivity contribution in [3.05, 3.63) is 83.7 Å². The maximum atomic E-state index is 10.7. The normalized spacial score (nSPS) is 14.4. The van der Waals surface area contributed by atoms with Crippen molar-refractivity contribution in [1.29, 1.82) is 0 Å². The summed E-state index contributed by atoms with van der Waals surface area (Å²) in [5.41, 5.74) is 5.02. The van der Waals surface area contributed by atoms with E-state index >= 15 is 0 Å². The van der Waals surface area contributed by atoms with E-state index < -0.39 is 6.23 Å². The number of rotatable bonds is 11. The number of aliphatic hydroxyl groups excluding tert-OH is 1. The number of hydrogen-bond donors (Lipinski definition) is 3. The lowest BCUT2D eigenvalue weighted by Gasteiger charge is -2.20. The maximum Gasteiger partial charge on any atom is 0.133 e. The van der Waals surface area contributed by atoms with E-state index in [0.29, 0.717) is 18.4 Å². The fourth-order valence-corrected chi connectivity index (χ4v) is 3.73. The van der Waals surface area contributed by atoms with E-state index in [1.165, 1.54) is 18.4 Å². The molecule has 0 spiro atoms. The first-order valence-corrected chi connectivity index (χ1v) is 11.5. The summed E-state index contributed by atoms with van der Waals surface area (Å²) in [4.78, 5) is 4.33. The number of hydrogen-bond acceptors (Lipinski definition) is 5. The lowest BCUT2D eigenvalue weighted by molar-refractivity contribution is 0.138. The molecule has 5 heteroatoms. The summed E-state index contributed by atoms with van der Waals surface area (Å²) in [6.07, 6.45) is 4.49. The molecule has 5 nitrogen and oxygen atoms in total. The van der Waals surface area contributed by atoms with Crippen molar-refractivity contribution in [2.45, 2.75) is 51.9 Å². The molecule has 0 amide bonds. The summed E-state index contributed by atoms with van der Waals surface area (Å²) in [6, 6.07) is 20.0. The van der Waals surface area contributed by atoms with E-state index in [2.05, 4.69) is 41.6 Å². The molecule has 0 saturated heterocycles. The van der Waals surface area contributed by atoms with Crippen LogP contribution in [0.4, 0.5) is 11.4 Å². The fraction of sp³-hybridized carbons (Fsp3) is 0.370. The van der Waals surface area contributed by atoms with Gasteiger partial charge in [0.05, 0.1) is 5.69 Å². The number of nitrogens with zero attached hydrogens (tertiary/aromatic N) is 1. The van der Waals surface area contributed by atoms with Crippen molar-refractivity contribution in [2.24, 2.45) is 5.92 Å². The zero-order chi connectivity index (χ0) is 22.3. The van der Waals surface area contributed by atoms with Crippen LogP contribution in [0.15, 0.2) is 66.9 Å². The average Bonchev–Trinajstić information content (AvgIpc) is 3.64. The highest BCUT2D eigenvalue weighted by Gasteiger charge is 2.27. The Kier molecular flexibility index (Phi) is 7.40. The minimum Gasteiger partial charge on any atom is -0.487 e. The van der Waals surface area contributed by atoms with Gasteiger partial charge in [0, 0.05) is 23.1 Å².